The van der Waals surface area contributed by atoms with Crippen LogP contribution >= 0.6 is 0 Å². The number of aromatic nitrogens is 3. The van der Waals surface area contributed by atoms with Crippen molar-refractivity contribution in [1.29, 1.82) is 0 Å². The lowest BCUT2D eigenvalue weighted by molar-refractivity contribution is 0.421. The predicted octanol–water partition coefficient (Wildman–Crippen LogP) is 1.79. The van der Waals surface area contributed by atoms with Gasteiger partial charge in [-0.05, 0) is 18.7 Å². The summed E-state index contributed by atoms with van der Waals surface area (Å²) in [5.74, 6) is 1.05. The molecule has 18 heavy (non-hydrogen) atoms. The number of nitrogens with two attached hydrogens (primary N) is 1. The summed E-state index contributed by atoms with van der Waals surface area (Å²) >= 11 is 0. The van der Waals surface area contributed by atoms with Crippen molar-refractivity contribution >= 4 is 10.9 Å². The number of benzene rings is 1. The number of fused-ring (bicyclic) bond motifs is 1. The van der Waals surface area contributed by atoms with Gasteiger partial charge >= 0.3 is 0 Å². The lowest BCUT2D eigenvalue weighted by Gasteiger charge is -1.97. The first kappa shape index (κ1) is 10.9. The summed E-state index contributed by atoms with van der Waals surface area (Å²) in [4.78, 5) is 8.75. The Hall–Kier alpha value is -2.27. The molecule has 3 aromatic rings. The lowest BCUT2D eigenvalue weighted by Crippen LogP contribution is -2.03. The topological polar surface area (TPSA) is 77.8 Å². The van der Waals surface area contributed by atoms with Crippen molar-refractivity contribution in [3.8, 4) is 11.6 Å². The Kier molecular flexibility index (Phi) is 2.74. The maximum Gasteiger partial charge on any atom is 0.276 e. The van der Waals surface area contributed by atoms with Crippen LogP contribution in [0.5, 0.6) is 0 Å². The Morgan fingerprint density at radius 1 is 1.06 bits per heavy atom. The van der Waals surface area contributed by atoms with Gasteiger partial charge in [-0.2, -0.15) is 4.98 Å². The normalized spacial score (nSPS) is 10.9. The minimum Gasteiger partial charge on any atom is -0.332 e. The molecule has 0 saturated heterocycles. The molecule has 5 heteroatoms. The molecule has 2 heterocycles. The highest BCUT2D eigenvalue weighted by atomic mass is 16.5. The fourth-order valence-electron chi connectivity index (χ4n) is 1.77. The van der Waals surface area contributed by atoms with E-state index in [1.54, 1.807) is 0 Å². The number of hydrogen-bond donors (Lipinski definition) is 1. The molecule has 5 nitrogen and oxygen atoms in total. The molecule has 1 aromatic carbocycles. The maximum absolute atomic E-state index is 5.45. The van der Waals surface area contributed by atoms with Crippen LogP contribution in [0.25, 0.3) is 22.5 Å². The molecule has 0 radical (unpaired) electrons. The average molecular weight is 240 g/mol. The zero-order valence-corrected chi connectivity index (χ0v) is 9.71. The smallest absolute Gasteiger partial charge is 0.276 e. The minimum atomic E-state index is 0.434. The molecule has 2 N–H and O–H groups in total. The van der Waals surface area contributed by atoms with E-state index in [4.69, 9.17) is 10.3 Å². The molecule has 3 rings (SSSR count). The summed E-state index contributed by atoms with van der Waals surface area (Å²) in [5.41, 5.74) is 7.04. The SMILES string of the molecule is NCCc1noc(-c2ccc3ccccc3n2)n1. The van der Waals surface area contributed by atoms with Crippen LogP contribution in [0.3, 0.4) is 0 Å². The van der Waals surface area contributed by atoms with Crippen molar-refractivity contribution in [3.05, 3.63) is 42.2 Å². The third-order valence-electron chi connectivity index (χ3n) is 2.65. The highest BCUT2D eigenvalue weighted by Crippen LogP contribution is 2.19. The van der Waals surface area contributed by atoms with E-state index in [9.17, 15) is 0 Å². The number of nitrogens with zero attached hydrogens (tertiary/aromatic N) is 3. The van der Waals surface area contributed by atoms with Gasteiger partial charge in [-0.15, -0.1) is 0 Å². The van der Waals surface area contributed by atoms with Crippen LogP contribution < -0.4 is 5.73 Å². The first-order valence-corrected chi connectivity index (χ1v) is 5.75. The molecule has 0 aliphatic carbocycles. The van der Waals surface area contributed by atoms with Crippen LogP contribution in [0.2, 0.25) is 0 Å². The van der Waals surface area contributed by atoms with E-state index in [0.29, 0.717) is 30.4 Å². The van der Waals surface area contributed by atoms with Gasteiger partial charge in [0.25, 0.3) is 5.89 Å². The molecule has 0 amide bonds. The summed E-state index contributed by atoms with van der Waals surface area (Å²) in [6.07, 6.45) is 0.608. The number of rotatable bonds is 3. The molecule has 0 fully saturated rings. The summed E-state index contributed by atoms with van der Waals surface area (Å²) in [7, 11) is 0. The Morgan fingerprint density at radius 3 is 2.83 bits per heavy atom. The van der Waals surface area contributed by atoms with Gasteiger partial charge in [0.15, 0.2) is 5.82 Å². The molecule has 0 spiro atoms. The summed E-state index contributed by atoms with van der Waals surface area (Å²) in [6.45, 7) is 0.504. The summed E-state index contributed by atoms with van der Waals surface area (Å²) in [5, 5.41) is 4.94. The fourth-order valence-corrected chi connectivity index (χ4v) is 1.77. The standard InChI is InChI=1S/C13H12N4O/c14-8-7-12-16-13(18-17-12)11-6-5-9-3-1-2-4-10(9)15-11/h1-6H,7-8,14H2. The van der Waals surface area contributed by atoms with Crippen LogP contribution in [-0.4, -0.2) is 21.7 Å². The summed E-state index contributed by atoms with van der Waals surface area (Å²) in [6, 6.07) is 11.8. The Morgan fingerprint density at radius 2 is 1.94 bits per heavy atom. The molecular formula is C13H12N4O. The van der Waals surface area contributed by atoms with Crippen molar-refractivity contribution in [2.75, 3.05) is 6.54 Å². The zero-order chi connectivity index (χ0) is 12.4. The molecule has 0 aliphatic rings. The van der Waals surface area contributed by atoms with Gasteiger partial charge in [0.1, 0.15) is 5.69 Å². The number of hydrogen-bond acceptors (Lipinski definition) is 5. The average Bonchev–Trinajstić information content (AvgIpc) is 2.87. The molecule has 2 aromatic heterocycles. The monoisotopic (exact) mass is 240 g/mol. The molecule has 90 valence electrons. The minimum absolute atomic E-state index is 0.434. The molecule has 0 unspecified atom stereocenters. The Labute approximate surface area is 104 Å². The van der Waals surface area contributed by atoms with E-state index < -0.39 is 0 Å². The Bertz CT molecular complexity index is 677. The van der Waals surface area contributed by atoms with Gasteiger partial charge < -0.3 is 10.3 Å². The van der Waals surface area contributed by atoms with Crippen molar-refractivity contribution in [1.82, 2.24) is 15.1 Å². The van der Waals surface area contributed by atoms with E-state index in [1.807, 2.05) is 36.4 Å². The van der Waals surface area contributed by atoms with Gasteiger partial charge in [0, 0.05) is 11.8 Å². The first-order chi connectivity index (χ1) is 8.86. The maximum atomic E-state index is 5.45. The largest absolute Gasteiger partial charge is 0.332 e. The second-order valence-electron chi connectivity index (χ2n) is 3.94. The van der Waals surface area contributed by atoms with E-state index in [-0.39, 0.29) is 0 Å². The second-order valence-corrected chi connectivity index (χ2v) is 3.94. The van der Waals surface area contributed by atoms with E-state index >= 15 is 0 Å². The van der Waals surface area contributed by atoms with Crippen molar-refractivity contribution in [3.63, 3.8) is 0 Å². The Balaban J connectivity index is 2.02. The second kappa shape index (κ2) is 4.54. The van der Waals surface area contributed by atoms with E-state index in [1.165, 1.54) is 0 Å². The molecule has 0 aliphatic heterocycles. The number of para-hydroxylation sites is 1. The van der Waals surface area contributed by atoms with Crippen LogP contribution in [-0.2, 0) is 6.42 Å². The van der Waals surface area contributed by atoms with Gasteiger partial charge in [0.2, 0.25) is 0 Å². The fraction of sp³-hybridized carbons (Fsp3) is 0.154. The van der Waals surface area contributed by atoms with Gasteiger partial charge in [-0.3, -0.25) is 0 Å². The third-order valence-corrected chi connectivity index (χ3v) is 2.65. The van der Waals surface area contributed by atoms with Gasteiger partial charge in [0.05, 0.1) is 5.52 Å². The first-order valence-electron chi connectivity index (χ1n) is 5.75. The highest BCUT2D eigenvalue weighted by molar-refractivity contribution is 5.80. The van der Waals surface area contributed by atoms with E-state index in [2.05, 4.69) is 15.1 Å². The summed E-state index contributed by atoms with van der Waals surface area (Å²) < 4.78 is 5.17. The molecule has 0 bridgehead atoms. The lowest BCUT2D eigenvalue weighted by atomic mass is 10.2. The molecule has 0 saturated carbocycles. The molecule has 0 atom stereocenters. The number of pyridine rings is 1. The van der Waals surface area contributed by atoms with E-state index in [0.717, 1.165) is 10.9 Å². The highest BCUT2D eigenvalue weighted by Gasteiger charge is 2.09. The quantitative estimate of drug-likeness (QED) is 0.755. The van der Waals surface area contributed by atoms with Crippen LogP contribution in [0.4, 0.5) is 0 Å². The van der Waals surface area contributed by atoms with Crippen molar-refractivity contribution in [2.24, 2.45) is 5.73 Å². The van der Waals surface area contributed by atoms with Gasteiger partial charge in [-0.25, -0.2) is 4.98 Å². The van der Waals surface area contributed by atoms with Crippen molar-refractivity contribution in [2.45, 2.75) is 6.42 Å². The zero-order valence-electron chi connectivity index (χ0n) is 9.71. The van der Waals surface area contributed by atoms with Crippen LogP contribution in [0.1, 0.15) is 5.82 Å². The van der Waals surface area contributed by atoms with Gasteiger partial charge in [-0.1, -0.05) is 29.4 Å². The molecular weight excluding hydrogens is 228 g/mol. The third kappa shape index (κ3) is 1.96. The van der Waals surface area contributed by atoms with Crippen LogP contribution in [0, 0.1) is 0 Å². The van der Waals surface area contributed by atoms with Crippen molar-refractivity contribution < 1.29 is 4.52 Å². The van der Waals surface area contributed by atoms with Crippen LogP contribution in [0.15, 0.2) is 40.9 Å². The predicted molar refractivity (Wildman–Crippen MR) is 67.8 cm³/mol.